The van der Waals surface area contributed by atoms with E-state index < -0.39 is 10.0 Å². The molecule has 1 aliphatic heterocycles. The summed E-state index contributed by atoms with van der Waals surface area (Å²) in [5, 5.41) is 0. The zero-order valence-electron chi connectivity index (χ0n) is 17.9. The molecule has 0 fully saturated rings. The maximum atomic E-state index is 13.5. The van der Waals surface area contributed by atoms with Crippen LogP contribution in [-0.2, 0) is 21.4 Å². The van der Waals surface area contributed by atoms with E-state index in [-0.39, 0.29) is 6.04 Å². The quantitative estimate of drug-likeness (QED) is 0.528. The average Bonchev–Trinajstić information content (AvgIpc) is 3.20. The average molecular weight is 434 g/mol. The molecule has 0 spiro atoms. The van der Waals surface area contributed by atoms with Gasteiger partial charge in [-0.3, -0.25) is 0 Å². The van der Waals surface area contributed by atoms with E-state index in [0.29, 0.717) is 24.7 Å². The Morgan fingerprint density at radius 2 is 1.58 bits per heavy atom. The number of rotatable bonds is 7. The summed E-state index contributed by atoms with van der Waals surface area (Å²) in [4.78, 5) is 0.311. The fourth-order valence-corrected chi connectivity index (χ4v) is 5.41. The van der Waals surface area contributed by atoms with E-state index >= 15 is 0 Å². The molecule has 3 aromatic rings. The minimum atomic E-state index is -3.65. The highest BCUT2D eigenvalue weighted by molar-refractivity contribution is 7.89. The van der Waals surface area contributed by atoms with Crippen LogP contribution in [-0.4, -0.2) is 31.9 Å². The summed E-state index contributed by atoms with van der Waals surface area (Å²) >= 11 is 0. The molecule has 1 aliphatic rings. The molecule has 31 heavy (non-hydrogen) atoms. The van der Waals surface area contributed by atoms with E-state index in [4.69, 9.17) is 4.74 Å². The second kappa shape index (κ2) is 9.18. The Hall–Kier alpha value is -2.73. The van der Waals surface area contributed by atoms with Gasteiger partial charge in [-0.2, -0.15) is 4.31 Å². The van der Waals surface area contributed by atoms with E-state index in [1.807, 2.05) is 86.7 Å². The molecule has 0 radical (unpaired) electrons. The van der Waals surface area contributed by atoms with Gasteiger partial charge in [0.05, 0.1) is 24.2 Å². The lowest BCUT2D eigenvalue weighted by Gasteiger charge is -2.24. The first-order chi connectivity index (χ1) is 14.9. The van der Waals surface area contributed by atoms with E-state index in [1.54, 1.807) is 16.4 Å². The Morgan fingerprint density at radius 3 is 2.29 bits per heavy atom. The van der Waals surface area contributed by atoms with Crippen LogP contribution in [0.4, 0.5) is 0 Å². The van der Waals surface area contributed by atoms with E-state index in [2.05, 4.69) is 0 Å². The van der Waals surface area contributed by atoms with Crippen molar-refractivity contribution in [2.75, 3.05) is 13.2 Å². The summed E-state index contributed by atoms with van der Waals surface area (Å²) in [5.74, 6) is 0. The van der Waals surface area contributed by atoms with Crippen molar-refractivity contribution >= 4 is 15.6 Å². The number of benzene rings is 3. The first-order valence-corrected chi connectivity index (χ1v) is 11.9. The number of ether oxygens (including phenoxy) is 1. The second-order valence-corrected chi connectivity index (χ2v) is 9.83. The molecule has 0 saturated carbocycles. The molecule has 4 nitrogen and oxygen atoms in total. The number of nitrogens with zero attached hydrogens (tertiary/aromatic N) is 1. The van der Waals surface area contributed by atoms with Crippen LogP contribution in [0.1, 0.15) is 22.3 Å². The molecule has 0 aliphatic carbocycles. The van der Waals surface area contributed by atoms with Crippen molar-refractivity contribution in [3.63, 3.8) is 0 Å². The fraction of sp³-hybridized carbons (Fsp3) is 0.231. The molecule has 1 atom stereocenters. The monoisotopic (exact) mass is 433 g/mol. The maximum absolute atomic E-state index is 13.5. The van der Waals surface area contributed by atoms with Crippen LogP contribution in [0.15, 0.2) is 89.8 Å². The molecule has 5 heteroatoms. The number of hydrogen-bond acceptors (Lipinski definition) is 3. The molecule has 0 saturated heterocycles. The highest BCUT2D eigenvalue weighted by Crippen LogP contribution is 2.32. The Morgan fingerprint density at radius 1 is 0.903 bits per heavy atom. The molecular formula is C26H27NO3S. The van der Waals surface area contributed by atoms with E-state index in [1.165, 1.54) is 0 Å². The molecular weight excluding hydrogens is 406 g/mol. The fourth-order valence-electron chi connectivity index (χ4n) is 3.87. The van der Waals surface area contributed by atoms with Crippen molar-refractivity contribution in [1.29, 1.82) is 0 Å². The van der Waals surface area contributed by atoms with E-state index in [9.17, 15) is 8.42 Å². The standard InChI is InChI=1S/C26H27NO3S/c1-20-12-14-25(15-13-20)31(28,29)27-17-23(26-11-7-6-8-21(26)2)16-24(27)19-30-18-22-9-4-3-5-10-22/h3-16,24H,17-19H2,1-2H3/t24-/m0/s1. The third-order valence-electron chi connectivity index (χ3n) is 5.61. The van der Waals surface area contributed by atoms with E-state index in [0.717, 1.165) is 27.8 Å². The summed E-state index contributed by atoms with van der Waals surface area (Å²) in [6.07, 6.45) is 2.04. The Kier molecular flexibility index (Phi) is 6.37. The molecule has 3 aromatic carbocycles. The predicted octanol–water partition coefficient (Wildman–Crippen LogP) is 4.98. The van der Waals surface area contributed by atoms with Crippen LogP contribution < -0.4 is 0 Å². The van der Waals surface area contributed by atoms with Gasteiger partial charge in [-0.15, -0.1) is 0 Å². The first kappa shape index (κ1) is 21.5. The highest BCUT2D eigenvalue weighted by atomic mass is 32.2. The van der Waals surface area contributed by atoms with Crippen molar-refractivity contribution in [1.82, 2.24) is 4.31 Å². The molecule has 0 N–H and O–H groups in total. The SMILES string of the molecule is Cc1ccc(S(=O)(=O)N2CC(c3ccccc3C)=C[C@H]2COCc2ccccc2)cc1. The van der Waals surface area contributed by atoms with Gasteiger partial charge in [-0.05, 0) is 48.2 Å². The van der Waals surface area contributed by atoms with Gasteiger partial charge in [-0.25, -0.2) is 8.42 Å². The predicted molar refractivity (Wildman–Crippen MR) is 124 cm³/mol. The lowest BCUT2D eigenvalue weighted by molar-refractivity contribution is 0.0961. The molecule has 0 unspecified atom stereocenters. The lowest BCUT2D eigenvalue weighted by Crippen LogP contribution is -2.39. The number of hydrogen-bond donors (Lipinski definition) is 0. The minimum absolute atomic E-state index is 0.301. The van der Waals surface area contributed by atoms with Crippen molar-refractivity contribution in [2.45, 2.75) is 31.4 Å². The van der Waals surface area contributed by atoms with Gasteiger partial charge in [0.15, 0.2) is 0 Å². The number of sulfonamides is 1. The normalized spacial score (nSPS) is 17.0. The van der Waals surface area contributed by atoms with Gasteiger partial charge in [0.25, 0.3) is 0 Å². The van der Waals surface area contributed by atoms with Crippen molar-refractivity contribution in [3.05, 3.63) is 107 Å². The molecule has 0 amide bonds. The Labute approximate surface area is 184 Å². The van der Waals surface area contributed by atoms with Crippen molar-refractivity contribution in [2.24, 2.45) is 0 Å². The first-order valence-electron chi connectivity index (χ1n) is 10.4. The summed E-state index contributed by atoms with van der Waals surface area (Å²) in [5.41, 5.74) is 5.32. The van der Waals surface area contributed by atoms with Crippen LogP contribution in [0.5, 0.6) is 0 Å². The maximum Gasteiger partial charge on any atom is 0.243 e. The van der Waals surface area contributed by atoms with Crippen LogP contribution in [0.2, 0.25) is 0 Å². The lowest BCUT2D eigenvalue weighted by atomic mass is 10.0. The summed E-state index contributed by atoms with van der Waals surface area (Å²) < 4.78 is 34.5. The third-order valence-corrected chi connectivity index (χ3v) is 7.49. The van der Waals surface area contributed by atoms with Gasteiger partial charge in [0.1, 0.15) is 0 Å². The van der Waals surface area contributed by atoms with Gasteiger partial charge in [0.2, 0.25) is 10.0 Å². The number of aryl methyl sites for hydroxylation is 2. The second-order valence-electron chi connectivity index (χ2n) is 7.94. The van der Waals surface area contributed by atoms with Crippen LogP contribution in [0, 0.1) is 13.8 Å². The van der Waals surface area contributed by atoms with Crippen molar-refractivity contribution < 1.29 is 13.2 Å². The summed E-state index contributed by atoms with van der Waals surface area (Å²) in [6.45, 7) is 5.08. The van der Waals surface area contributed by atoms with Crippen molar-refractivity contribution in [3.8, 4) is 0 Å². The summed E-state index contributed by atoms with van der Waals surface area (Å²) in [6, 6.07) is 24.7. The largest absolute Gasteiger partial charge is 0.375 e. The smallest absolute Gasteiger partial charge is 0.243 e. The van der Waals surface area contributed by atoms with Gasteiger partial charge < -0.3 is 4.74 Å². The van der Waals surface area contributed by atoms with Gasteiger partial charge >= 0.3 is 0 Å². The zero-order valence-corrected chi connectivity index (χ0v) is 18.7. The Bertz CT molecular complexity index is 1170. The van der Waals surface area contributed by atoms with Gasteiger partial charge in [-0.1, -0.05) is 78.4 Å². The van der Waals surface area contributed by atoms with Crippen LogP contribution in [0.3, 0.4) is 0 Å². The zero-order chi connectivity index (χ0) is 21.8. The topological polar surface area (TPSA) is 46.6 Å². The highest BCUT2D eigenvalue weighted by Gasteiger charge is 2.36. The molecule has 0 aromatic heterocycles. The molecule has 0 bridgehead atoms. The van der Waals surface area contributed by atoms with Crippen LogP contribution in [0.25, 0.3) is 5.57 Å². The Balaban J connectivity index is 1.60. The molecule has 4 rings (SSSR count). The summed E-state index contributed by atoms with van der Waals surface area (Å²) in [7, 11) is -3.65. The molecule has 1 heterocycles. The third kappa shape index (κ3) is 4.79. The molecule has 160 valence electrons. The van der Waals surface area contributed by atoms with Gasteiger partial charge in [0, 0.05) is 6.54 Å². The van der Waals surface area contributed by atoms with Crippen LogP contribution >= 0.6 is 0 Å². The minimum Gasteiger partial charge on any atom is -0.375 e.